The van der Waals surface area contributed by atoms with Crippen LogP contribution in [0.3, 0.4) is 0 Å². The topological polar surface area (TPSA) is 37.8 Å². The molecule has 1 unspecified atom stereocenters. The number of nitrogens with zero attached hydrogens (tertiary/aromatic N) is 2. The summed E-state index contributed by atoms with van der Waals surface area (Å²) in [5.74, 6) is 1.11. The molecule has 0 radical (unpaired) electrons. The predicted octanol–water partition coefficient (Wildman–Crippen LogP) is 5.08. The number of halogens is 1. The maximum absolute atomic E-state index is 14.1. The molecule has 1 heterocycles. The second kappa shape index (κ2) is 6.63. The van der Waals surface area contributed by atoms with Crippen LogP contribution in [0.4, 0.5) is 10.2 Å². The monoisotopic (exact) mass is 333 g/mol. The summed E-state index contributed by atoms with van der Waals surface area (Å²) in [6.07, 6.45) is 3.34. The van der Waals surface area contributed by atoms with Crippen LogP contribution in [0.15, 0.2) is 54.6 Å². The zero-order valence-corrected chi connectivity index (χ0v) is 14.2. The normalized spacial score (nSPS) is 16.3. The highest BCUT2D eigenvalue weighted by Gasteiger charge is 2.20. The summed E-state index contributed by atoms with van der Waals surface area (Å²) in [6, 6.07) is 17.3. The Morgan fingerprint density at radius 1 is 1.04 bits per heavy atom. The van der Waals surface area contributed by atoms with Gasteiger partial charge in [-0.3, -0.25) is 0 Å². The van der Waals surface area contributed by atoms with E-state index in [1.165, 1.54) is 17.2 Å². The lowest BCUT2D eigenvalue weighted by molar-refractivity contribution is 0.598. The molecule has 3 nitrogen and oxygen atoms in total. The fourth-order valence-corrected chi connectivity index (χ4v) is 3.53. The molecule has 1 aromatic heterocycles. The van der Waals surface area contributed by atoms with E-state index in [1.54, 1.807) is 12.1 Å². The molecule has 0 spiro atoms. The number of rotatable bonds is 3. The lowest BCUT2D eigenvalue weighted by atomic mass is 9.88. The van der Waals surface area contributed by atoms with Gasteiger partial charge in [0, 0.05) is 11.6 Å². The van der Waals surface area contributed by atoms with E-state index < -0.39 is 0 Å². The summed E-state index contributed by atoms with van der Waals surface area (Å²) in [6.45, 7) is 1.84. The van der Waals surface area contributed by atoms with E-state index >= 15 is 0 Å². The highest BCUT2D eigenvalue weighted by atomic mass is 19.1. The van der Waals surface area contributed by atoms with Gasteiger partial charge in [0.05, 0.1) is 11.7 Å². The minimum absolute atomic E-state index is 0.229. The first-order valence-corrected chi connectivity index (χ1v) is 8.65. The molecule has 2 aromatic carbocycles. The Hall–Kier alpha value is -2.75. The van der Waals surface area contributed by atoms with E-state index in [2.05, 4.69) is 39.6 Å². The largest absolute Gasteiger partial charge is 0.363 e. The zero-order valence-electron chi connectivity index (χ0n) is 14.2. The Morgan fingerprint density at radius 2 is 1.84 bits per heavy atom. The molecule has 1 aliphatic rings. The number of anilines is 1. The van der Waals surface area contributed by atoms with Crippen LogP contribution < -0.4 is 5.32 Å². The van der Waals surface area contributed by atoms with E-state index in [1.807, 2.05) is 19.1 Å². The van der Waals surface area contributed by atoms with Crippen LogP contribution >= 0.6 is 0 Å². The Balaban J connectivity index is 1.67. The van der Waals surface area contributed by atoms with Gasteiger partial charge >= 0.3 is 0 Å². The van der Waals surface area contributed by atoms with Crippen molar-refractivity contribution in [2.24, 2.45) is 0 Å². The Morgan fingerprint density at radius 3 is 2.72 bits per heavy atom. The second-order valence-electron chi connectivity index (χ2n) is 6.45. The van der Waals surface area contributed by atoms with Crippen LogP contribution in [0.2, 0.25) is 0 Å². The van der Waals surface area contributed by atoms with Crippen molar-refractivity contribution in [1.29, 1.82) is 0 Å². The molecule has 3 aromatic rings. The molecule has 0 aliphatic heterocycles. The number of hydrogen-bond donors (Lipinski definition) is 1. The highest BCUT2D eigenvalue weighted by molar-refractivity contribution is 5.63. The Labute approximate surface area is 147 Å². The number of aryl methyl sites for hydroxylation is 2. The smallest absolute Gasteiger partial charge is 0.132 e. The summed E-state index contributed by atoms with van der Waals surface area (Å²) in [7, 11) is 0. The average molecular weight is 333 g/mol. The van der Waals surface area contributed by atoms with Crippen molar-refractivity contribution >= 4 is 5.82 Å². The zero-order chi connectivity index (χ0) is 17.2. The molecular weight excluding hydrogens is 313 g/mol. The number of benzene rings is 2. The molecule has 4 rings (SSSR count). The molecule has 0 saturated carbocycles. The van der Waals surface area contributed by atoms with Crippen molar-refractivity contribution in [2.75, 3.05) is 5.32 Å². The fourth-order valence-electron chi connectivity index (χ4n) is 3.53. The van der Waals surface area contributed by atoms with E-state index in [9.17, 15) is 4.39 Å². The fraction of sp³-hybridized carbons (Fsp3) is 0.238. The molecule has 0 fully saturated rings. The Kier molecular flexibility index (Phi) is 4.18. The lowest BCUT2D eigenvalue weighted by Crippen LogP contribution is -2.18. The third-order valence-corrected chi connectivity index (χ3v) is 4.68. The minimum Gasteiger partial charge on any atom is -0.363 e. The molecule has 0 saturated heterocycles. The standard InChI is InChI=1S/C21H20FN3/c1-14-23-20(17-10-4-5-11-18(17)22)13-21(24-14)25-19-12-6-8-15-7-2-3-9-16(15)19/h2-5,7,9-11,13,19H,6,8,12H2,1H3,(H,23,24,25). The van der Waals surface area contributed by atoms with Crippen LogP contribution in [-0.2, 0) is 6.42 Å². The van der Waals surface area contributed by atoms with Crippen LogP contribution in [0.25, 0.3) is 11.3 Å². The Bertz CT molecular complexity index is 907. The van der Waals surface area contributed by atoms with Gasteiger partial charge in [-0.15, -0.1) is 0 Å². The van der Waals surface area contributed by atoms with Crippen LogP contribution in [0.1, 0.15) is 35.8 Å². The van der Waals surface area contributed by atoms with Crippen molar-refractivity contribution in [1.82, 2.24) is 9.97 Å². The van der Waals surface area contributed by atoms with Gasteiger partial charge in [0.1, 0.15) is 17.5 Å². The van der Waals surface area contributed by atoms with Crippen molar-refractivity contribution in [3.05, 3.63) is 77.4 Å². The molecule has 1 aliphatic carbocycles. The number of aromatic nitrogens is 2. The summed E-state index contributed by atoms with van der Waals surface area (Å²) in [5, 5.41) is 3.53. The number of hydrogen-bond acceptors (Lipinski definition) is 3. The van der Waals surface area contributed by atoms with Crippen molar-refractivity contribution in [3.63, 3.8) is 0 Å². The first-order valence-electron chi connectivity index (χ1n) is 8.65. The van der Waals surface area contributed by atoms with Crippen molar-refractivity contribution in [3.8, 4) is 11.3 Å². The predicted molar refractivity (Wildman–Crippen MR) is 97.9 cm³/mol. The average Bonchev–Trinajstić information content (AvgIpc) is 2.62. The maximum atomic E-state index is 14.1. The van der Waals surface area contributed by atoms with Gasteiger partial charge in [-0.1, -0.05) is 36.4 Å². The van der Waals surface area contributed by atoms with Crippen LogP contribution in [0, 0.1) is 12.7 Å². The van der Waals surface area contributed by atoms with E-state index in [0.29, 0.717) is 17.1 Å². The summed E-state index contributed by atoms with van der Waals surface area (Å²) < 4.78 is 14.1. The van der Waals surface area contributed by atoms with Gasteiger partial charge in [-0.25, -0.2) is 14.4 Å². The summed E-state index contributed by atoms with van der Waals surface area (Å²) in [5.41, 5.74) is 3.83. The van der Waals surface area contributed by atoms with Gasteiger partial charge in [0.2, 0.25) is 0 Å². The molecule has 25 heavy (non-hydrogen) atoms. The van der Waals surface area contributed by atoms with Gasteiger partial charge in [0.15, 0.2) is 0 Å². The van der Waals surface area contributed by atoms with Gasteiger partial charge < -0.3 is 5.32 Å². The van der Waals surface area contributed by atoms with Gasteiger partial charge in [-0.05, 0) is 49.4 Å². The van der Waals surface area contributed by atoms with Gasteiger partial charge in [-0.2, -0.15) is 0 Å². The van der Waals surface area contributed by atoms with Crippen molar-refractivity contribution < 1.29 is 4.39 Å². The summed E-state index contributed by atoms with van der Waals surface area (Å²) >= 11 is 0. The lowest BCUT2D eigenvalue weighted by Gasteiger charge is -2.27. The van der Waals surface area contributed by atoms with Crippen LogP contribution in [-0.4, -0.2) is 9.97 Å². The van der Waals surface area contributed by atoms with Crippen LogP contribution in [0.5, 0.6) is 0 Å². The molecular formula is C21H20FN3. The first kappa shape index (κ1) is 15.8. The molecule has 0 amide bonds. The highest BCUT2D eigenvalue weighted by Crippen LogP contribution is 2.32. The second-order valence-corrected chi connectivity index (χ2v) is 6.45. The quantitative estimate of drug-likeness (QED) is 0.726. The molecule has 126 valence electrons. The molecule has 0 bridgehead atoms. The molecule has 1 atom stereocenters. The molecule has 4 heteroatoms. The first-order chi connectivity index (χ1) is 12.2. The number of nitrogens with one attached hydrogen (secondary N) is 1. The SMILES string of the molecule is Cc1nc(NC2CCCc3ccccc32)cc(-c2ccccc2F)n1. The number of fused-ring (bicyclic) bond motifs is 1. The van der Waals surface area contributed by atoms with E-state index in [0.717, 1.165) is 25.1 Å². The van der Waals surface area contributed by atoms with Crippen molar-refractivity contribution in [2.45, 2.75) is 32.2 Å². The third kappa shape index (κ3) is 3.25. The van der Waals surface area contributed by atoms with E-state index in [4.69, 9.17) is 0 Å². The molecule has 1 N–H and O–H groups in total. The third-order valence-electron chi connectivity index (χ3n) is 4.68. The minimum atomic E-state index is -0.269. The maximum Gasteiger partial charge on any atom is 0.132 e. The van der Waals surface area contributed by atoms with Gasteiger partial charge in [0.25, 0.3) is 0 Å². The van der Waals surface area contributed by atoms with E-state index in [-0.39, 0.29) is 11.9 Å². The summed E-state index contributed by atoms with van der Waals surface area (Å²) in [4.78, 5) is 8.92.